The number of amides is 3. The van der Waals surface area contributed by atoms with Gasteiger partial charge in [0.25, 0.3) is 0 Å². The minimum Gasteiger partial charge on any atom is -0.354 e. The molecule has 3 saturated heterocycles. The number of nitrogens with zero attached hydrogens (tertiary/aromatic N) is 5. The summed E-state index contributed by atoms with van der Waals surface area (Å²) in [7, 11) is 0. The van der Waals surface area contributed by atoms with Crippen LogP contribution in [-0.4, -0.2) is 87.3 Å². The van der Waals surface area contributed by atoms with Crippen molar-refractivity contribution in [3.63, 3.8) is 0 Å². The van der Waals surface area contributed by atoms with Crippen molar-refractivity contribution in [1.82, 2.24) is 35.4 Å². The predicted octanol–water partition coefficient (Wildman–Crippen LogP) is 1.94. The fraction of sp³-hybridized carbons (Fsp3) is 0.645. The molecule has 5 heterocycles. The van der Waals surface area contributed by atoms with Crippen LogP contribution in [0.25, 0.3) is 0 Å². The fourth-order valence-electron chi connectivity index (χ4n) is 7.44. The van der Waals surface area contributed by atoms with Gasteiger partial charge >= 0.3 is 0 Å². The van der Waals surface area contributed by atoms with Crippen LogP contribution >= 0.6 is 0 Å². The van der Waals surface area contributed by atoms with Gasteiger partial charge < -0.3 is 15.5 Å². The number of piperidine rings is 3. The summed E-state index contributed by atoms with van der Waals surface area (Å²) in [4.78, 5) is 45.8. The quantitative estimate of drug-likeness (QED) is 0.593. The van der Waals surface area contributed by atoms with E-state index < -0.39 is 11.5 Å². The first-order valence-corrected chi connectivity index (χ1v) is 15.6. The Morgan fingerprint density at radius 2 is 1.76 bits per heavy atom. The number of aryl methyl sites for hydroxylation is 1. The van der Waals surface area contributed by atoms with Gasteiger partial charge in [-0.1, -0.05) is 42.0 Å². The van der Waals surface area contributed by atoms with Crippen LogP contribution in [0.1, 0.15) is 62.6 Å². The van der Waals surface area contributed by atoms with Crippen molar-refractivity contribution in [2.24, 2.45) is 11.3 Å². The Morgan fingerprint density at radius 3 is 2.59 bits per heavy atom. The molecule has 1 aromatic heterocycles. The normalized spacial score (nSPS) is 27.5. The molecular weight excluding hydrogens is 518 g/mol. The molecule has 0 saturated carbocycles. The van der Waals surface area contributed by atoms with E-state index in [2.05, 4.69) is 25.8 Å². The number of nitrogens with one attached hydrogen (secondary N) is 2. The minimum atomic E-state index is -0.760. The van der Waals surface area contributed by atoms with Gasteiger partial charge in [0, 0.05) is 51.3 Å². The SMILES string of the molecule is O=C1NCCCn2cc(nn2)CC2(CCN(C(=O)[C@@H]3CCCN4CCCC[C@H]34)CC2)C(=O)N[C@H]1Cc1ccccc1. The van der Waals surface area contributed by atoms with Gasteiger partial charge in [-0.15, -0.1) is 5.10 Å². The number of aromatic nitrogens is 3. The van der Waals surface area contributed by atoms with Crippen LogP contribution in [0.5, 0.6) is 0 Å². The molecule has 10 nitrogen and oxygen atoms in total. The zero-order valence-electron chi connectivity index (χ0n) is 24.0. The molecule has 0 unspecified atom stereocenters. The first kappa shape index (κ1) is 27.9. The molecule has 0 aliphatic carbocycles. The fourth-order valence-corrected chi connectivity index (χ4v) is 7.44. The molecule has 4 aliphatic rings. The summed E-state index contributed by atoms with van der Waals surface area (Å²) in [6, 6.07) is 9.50. The largest absolute Gasteiger partial charge is 0.354 e. The Balaban J connectivity index is 1.21. The highest BCUT2D eigenvalue weighted by atomic mass is 16.2. The van der Waals surface area contributed by atoms with Gasteiger partial charge in [-0.3, -0.25) is 24.0 Å². The lowest BCUT2D eigenvalue weighted by Crippen LogP contribution is -2.58. The van der Waals surface area contributed by atoms with E-state index in [1.165, 1.54) is 12.8 Å². The second kappa shape index (κ2) is 12.3. The maximum atomic E-state index is 14.2. The Bertz CT molecular complexity index is 1220. The summed E-state index contributed by atoms with van der Waals surface area (Å²) in [5, 5.41) is 14.8. The van der Waals surface area contributed by atoms with E-state index in [0.29, 0.717) is 57.9 Å². The van der Waals surface area contributed by atoms with E-state index in [0.717, 1.165) is 50.0 Å². The Morgan fingerprint density at radius 1 is 0.951 bits per heavy atom. The number of benzene rings is 1. The van der Waals surface area contributed by atoms with Gasteiger partial charge in [0.15, 0.2) is 0 Å². The highest BCUT2D eigenvalue weighted by molar-refractivity contribution is 5.91. The van der Waals surface area contributed by atoms with Crippen molar-refractivity contribution in [3.05, 3.63) is 47.8 Å². The van der Waals surface area contributed by atoms with Crippen molar-refractivity contribution in [2.45, 2.75) is 82.8 Å². The third-order valence-electron chi connectivity index (χ3n) is 9.79. The number of carbonyl (C=O) groups is 3. The third-order valence-corrected chi connectivity index (χ3v) is 9.79. The van der Waals surface area contributed by atoms with Gasteiger partial charge in [-0.25, -0.2) is 0 Å². The smallest absolute Gasteiger partial charge is 0.242 e. The van der Waals surface area contributed by atoms with Crippen molar-refractivity contribution in [2.75, 3.05) is 32.7 Å². The molecule has 220 valence electrons. The molecule has 41 heavy (non-hydrogen) atoms. The van der Waals surface area contributed by atoms with Crippen molar-refractivity contribution < 1.29 is 14.4 Å². The predicted molar refractivity (Wildman–Crippen MR) is 154 cm³/mol. The molecule has 3 fully saturated rings. The van der Waals surface area contributed by atoms with Crippen LogP contribution in [0.3, 0.4) is 0 Å². The molecule has 2 N–H and O–H groups in total. The van der Waals surface area contributed by atoms with E-state index >= 15 is 0 Å². The van der Waals surface area contributed by atoms with Gasteiger partial charge in [-0.05, 0) is 63.6 Å². The Kier molecular flexibility index (Phi) is 8.37. The van der Waals surface area contributed by atoms with Crippen LogP contribution in [0.4, 0.5) is 0 Å². The number of hydrogen-bond donors (Lipinski definition) is 2. The van der Waals surface area contributed by atoms with E-state index in [4.69, 9.17) is 0 Å². The molecule has 10 heteroatoms. The monoisotopic (exact) mass is 561 g/mol. The first-order chi connectivity index (χ1) is 20.0. The van der Waals surface area contributed by atoms with E-state index in [9.17, 15) is 14.4 Å². The molecule has 6 rings (SSSR count). The average molecular weight is 562 g/mol. The molecule has 1 aromatic carbocycles. The van der Waals surface area contributed by atoms with Crippen LogP contribution in [0, 0.1) is 11.3 Å². The maximum absolute atomic E-state index is 14.2. The number of rotatable bonds is 3. The Hall–Kier alpha value is -3.27. The standard InChI is InChI=1S/C31H43N7O3/c39-28-26(20-23-8-2-1-3-9-23)33-30(41)31(21-24-22-38(35-34-24)17-7-14-32-28)12-18-37(19-13-31)29(40)25-10-6-16-36-15-5-4-11-27(25)36/h1-3,8-9,22,25-27H,4-7,10-21H2,(H,32,39)(H,33,41)/t25-,26+,27-/m1/s1. The lowest BCUT2D eigenvalue weighted by Gasteiger charge is -2.47. The summed E-state index contributed by atoms with van der Waals surface area (Å²) in [5.41, 5.74) is 1.02. The summed E-state index contributed by atoms with van der Waals surface area (Å²) in [6.45, 7) is 4.44. The average Bonchev–Trinajstić information content (AvgIpc) is 3.45. The number of hydrogen-bond acceptors (Lipinski definition) is 6. The summed E-state index contributed by atoms with van der Waals surface area (Å²) >= 11 is 0. The number of carbonyl (C=O) groups excluding carboxylic acids is 3. The number of fused-ring (bicyclic) bond motifs is 3. The molecular formula is C31H43N7O3. The first-order valence-electron chi connectivity index (χ1n) is 15.6. The van der Waals surface area contributed by atoms with Crippen LogP contribution in [-0.2, 0) is 33.8 Å². The van der Waals surface area contributed by atoms with Crippen LogP contribution < -0.4 is 10.6 Å². The zero-order valence-corrected chi connectivity index (χ0v) is 24.0. The minimum absolute atomic E-state index is 0.0610. The summed E-state index contributed by atoms with van der Waals surface area (Å²) in [5.74, 6) is 0.0159. The van der Waals surface area contributed by atoms with Gasteiger partial charge in [0.2, 0.25) is 17.7 Å². The summed E-state index contributed by atoms with van der Waals surface area (Å²) < 4.78 is 1.80. The maximum Gasteiger partial charge on any atom is 0.242 e. The molecule has 4 aliphatic heterocycles. The molecule has 2 bridgehead atoms. The van der Waals surface area contributed by atoms with Crippen LogP contribution in [0.2, 0.25) is 0 Å². The van der Waals surface area contributed by atoms with Crippen molar-refractivity contribution >= 4 is 17.7 Å². The number of likely N-dealkylation sites (tertiary alicyclic amines) is 1. The molecule has 3 atom stereocenters. The van der Waals surface area contributed by atoms with Gasteiger partial charge in [0.05, 0.1) is 17.0 Å². The second-order valence-corrected chi connectivity index (χ2v) is 12.5. The zero-order chi connectivity index (χ0) is 28.2. The second-order valence-electron chi connectivity index (χ2n) is 12.5. The Labute approximate surface area is 242 Å². The highest BCUT2D eigenvalue weighted by Crippen LogP contribution is 2.38. The lowest BCUT2D eigenvalue weighted by molar-refractivity contribution is -0.147. The van der Waals surface area contributed by atoms with E-state index in [-0.39, 0.29) is 23.6 Å². The van der Waals surface area contributed by atoms with E-state index in [1.54, 1.807) is 4.68 Å². The topological polar surface area (TPSA) is 112 Å². The molecule has 0 radical (unpaired) electrons. The molecule has 2 aromatic rings. The third kappa shape index (κ3) is 6.17. The summed E-state index contributed by atoms with van der Waals surface area (Å²) in [6.07, 6.45) is 10.2. The lowest BCUT2D eigenvalue weighted by atomic mass is 9.73. The van der Waals surface area contributed by atoms with Gasteiger partial charge in [0.1, 0.15) is 6.04 Å². The van der Waals surface area contributed by atoms with Gasteiger partial charge in [-0.2, -0.15) is 0 Å². The highest BCUT2D eigenvalue weighted by Gasteiger charge is 2.46. The molecule has 3 amide bonds. The van der Waals surface area contributed by atoms with E-state index in [1.807, 2.05) is 41.4 Å². The van der Waals surface area contributed by atoms with Crippen molar-refractivity contribution in [1.29, 1.82) is 0 Å². The van der Waals surface area contributed by atoms with Crippen molar-refractivity contribution in [3.8, 4) is 0 Å². The molecule has 1 spiro atoms. The van der Waals surface area contributed by atoms with Crippen LogP contribution in [0.15, 0.2) is 36.5 Å².